The van der Waals surface area contributed by atoms with E-state index < -0.39 is 11.6 Å². The van der Waals surface area contributed by atoms with Gasteiger partial charge in [-0.15, -0.1) is 5.10 Å². The van der Waals surface area contributed by atoms with Crippen molar-refractivity contribution in [1.82, 2.24) is 20.3 Å². The second kappa shape index (κ2) is 5.66. The highest BCUT2D eigenvalue weighted by molar-refractivity contribution is 5.18. The van der Waals surface area contributed by atoms with Crippen molar-refractivity contribution in [1.29, 1.82) is 0 Å². The Morgan fingerprint density at radius 3 is 2.40 bits per heavy atom. The molecule has 1 heterocycles. The molecule has 0 bridgehead atoms. The van der Waals surface area contributed by atoms with Crippen LogP contribution < -0.4 is 5.32 Å². The first-order valence-corrected chi connectivity index (χ1v) is 6.41. The monoisotopic (exact) mass is 280 g/mol. The fourth-order valence-corrected chi connectivity index (χ4v) is 1.74. The quantitative estimate of drug-likeness (QED) is 0.935. The summed E-state index contributed by atoms with van der Waals surface area (Å²) in [6.07, 6.45) is 1.77. The van der Waals surface area contributed by atoms with Gasteiger partial charge in [0.2, 0.25) is 0 Å². The highest BCUT2D eigenvalue weighted by Gasteiger charge is 2.10. The Labute approximate surface area is 116 Å². The average Bonchev–Trinajstić information content (AvgIpc) is 2.72. The molecule has 2 rings (SSSR count). The number of benzene rings is 1. The molecule has 1 aromatic heterocycles. The minimum atomic E-state index is -0.588. The number of nitrogens with one attached hydrogen (secondary N) is 1. The lowest BCUT2D eigenvalue weighted by atomic mass is 10.1. The van der Waals surface area contributed by atoms with Gasteiger partial charge in [-0.2, -0.15) is 0 Å². The minimum Gasteiger partial charge on any atom is -0.306 e. The molecule has 0 saturated heterocycles. The van der Waals surface area contributed by atoms with Gasteiger partial charge in [-0.05, 0) is 38.5 Å². The summed E-state index contributed by atoms with van der Waals surface area (Å²) in [6, 6.07) is 3.43. The van der Waals surface area contributed by atoms with Gasteiger partial charge in [0, 0.05) is 18.2 Å². The zero-order chi connectivity index (χ0) is 14.8. The number of rotatable bonds is 4. The van der Waals surface area contributed by atoms with Crippen molar-refractivity contribution in [2.24, 2.45) is 0 Å². The van der Waals surface area contributed by atoms with Crippen molar-refractivity contribution in [3.8, 4) is 0 Å². The summed E-state index contributed by atoms with van der Waals surface area (Å²) < 4.78 is 27.7. The fraction of sp³-hybridized carbons (Fsp3) is 0.429. The van der Waals surface area contributed by atoms with Crippen molar-refractivity contribution in [3.05, 3.63) is 47.3 Å². The van der Waals surface area contributed by atoms with Crippen molar-refractivity contribution >= 4 is 0 Å². The number of halogens is 2. The molecule has 6 heteroatoms. The van der Waals surface area contributed by atoms with Crippen LogP contribution in [-0.2, 0) is 13.1 Å². The van der Waals surface area contributed by atoms with Crippen LogP contribution in [0.2, 0.25) is 0 Å². The highest BCUT2D eigenvalue weighted by atomic mass is 19.1. The largest absolute Gasteiger partial charge is 0.306 e. The zero-order valence-corrected chi connectivity index (χ0v) is 11.8. The van der Waals surface area contributed by atoms with E-state index in [0.29, 0.717) is 12.1 Å². The summed E-state index contributed by atoms with van der Waals surface area (Å²) in [5.74, 6) is -1.18. The third-order valence-corrected chi connectivity index (χ3v) is 2.65. The molecule has 1 aromatic carbocycles. The van der Waals surface area contributed by atoms with E-state index >= 15 is 0 Å². The molecule has 108 valence electrons. The van der Waals surface area contributed by atoms with Gasteiger partial charge in [-0.1, -0.05) is 5.21 Å². The molecule has 20 heavy (non-hydrogen) atoms. The number of hydrogen-bond acceptors (Lipinski definition) is 3. The van der Waals surface area contributed by atoms with Crippen LogP contribution in [0.3, 0.4) is 0 Å². The second-order valence-corrected chi connectivity index (χ2v) is 5.79. The molecule has 4 nitrogen and oxygen atoms in total. The van der Waals surface area contributed by atoms with E-state index in [0.717, 1.165) is 11.8 Å². The van der Waals surface area contributed by atoms with Gasteiger partial charge in [-0.25, -0.2) is 13.5 Å². The number of aromatic nitrogens is 3. The van der Waals surface area contributed by atoms with Crippen LogP contribution in [0.25, 0.3) is 0 Å². The first-order valence-electron chi connectivity index (χ1n) is 6.41. The van der Waals surface area contributed by atoms with Crippen molar-refractivity contribution < 1.29 is 8.78 Å². The second-order valence-electron chi connectivity index (χ2n) is 5.79. The molecule has 0 spiro atoms. The van der Waals surface area contributed by atoms with Gasteiger partial charge in [0.1, 0.15) is 11.6 Å². The van der Waals surface area contributed by atoms with Crippen molar-refractivity contribution in [2.75, 3.05) is 0 Å². The van der Waals surface area contributed by atoms with Gasteiger partial charge in [0.15, 0.2) is 0 Å². The van der Waals surface area contributed by atoms with Gasteiger partial charge >= 0.3 is 0 Å². The van der Waals surface area contributed by atoms with E-state index in [4.69, 9.17) is 0 Å². The summed E-state index contributed by atoms with van der Waals surface area (Å²) >= 11 is 0. The maximum atomic E-state index is 13.1. The Bertz CT molecular complexity index is 567. The molecule has 0 aliphatic carbocycles. The third-order valence-electron chi connectivity index (χ3n) is 2.65. The molecule has 0 radical (unpaired) electrons. The molecule has 2 aromatic rings. The fourth-order valence-electron chi connectivity index (χ4n) is 1.74. The maximum absolute atomic E-state index is 13.1. The first-order chi connectivity index (χ1) is 9.32. The SMILES string of the molecule is CC(C)(C)NCc1cn(Cc2cc(F)cc(F)c2)nn1. The summed E-state index contributed by atoms with van der Waals surface area (Å²) in [4.78, 5) is 0. The Morgan fingerprint density at radius 2 is 1.80 bits per heavy atom. The lowest BCUT2D eigenvalue weighted by Crippen LogP contribution is -2.35. The Balaban J connectivity index is 2.02. The van der Waals surface area contributed by atoms with Gasteiger partial charge in [0.25, 0.3) is 0 Å². The predicted octanol–water partition coefficient (Wildman–Crippen LogP) is 2.49. The van der Waals surface area contributed by atoms with E-state index in [2.05, 4.69) is 36.4 Å². The van der Waals surface area contributed by atoms with Crippen LogP contribution in [-0.4, -0.2) is 20.5 Å². The molecule has 0 saturated carbocycles. The van der Waals surface area contributed by atoms with Gasteiger partial charge in [0.05, 0.1) is 18.4 Å². The molecule has 0 aliphatic rings. The summed E-state index contributed by atoms with van der Waals surface area (Å²) in [7, 11) is 0. The predicted molar refractivity (Wildman–Crippen MR) is 72.1 cm³/mol. The molecule has 0 unspecified atom stereocenters. The van der Waals surface area contributed by atoms with Crippen LogP contribution in [0.1, 0.15) is 32.0 Å². The molecule has 1 N–H and O–H groups in total. The van der Waals surface area contributed by atoms with Gasteiger partial charge < -0.3 is 5.32 Å². The normalized spacial score (nSPS) is 11.8. The average molecular weight is 280 g/mol. The topological polar surface area (TPSA) is 42.7 Å². The standard InChI is InChI=1S/C14H18F2N4/c1-14(2,3)17-7-13-9-20(19-18-13)8-10-4-11(15)6-12(16)5-10/h4-6,9,17H,7-8H2,1-3H3. The van der Waals surface area contributed by atoms with Crippen LogP contribution >= 0.6 is 0 Å². The highest BCUT2D eigenvalue weighted by Crippen LogP contribution is 2.09. The smallest absolute Gasteiger partial charge is 0.126 e. The minimum absolute atomic E-state index is 0.00450. The zero-order valence-electron chi connectivity index (χ0n) is 11.8. The van der Waals surface area contributed by atoms with Crippen molar-refractivity contribution in [3.63, 3.8) is 0 Å². The van der Waals surface area contributed by atoms with Crippen LogP contribution in [0.15, 0.2) is 24.4 Å². The van der Waals surface area contributed by atoms with Gasteiger partial charge in [-0.3, -0.25) is 0 Å². The van der Waals surface area contributed by atoms with E-state index in [-0.39, 0.29) is 12.1 Å². The molecular weight excluding hydrogens is 262 g/mol. The van der Waals surface area contributed by atoms with Crippen LogP contribution in [0.5, 0.6) is 0 Å². The number of hydrogen-bond donors (Lipinski definition) is 1. The van der Waals surface area contributed by atoms with E-state index in [1.54, 1.807) is 10.9 Å². The Hall–Kier alpha value is -1.82. The molecule has 0 fully saturated rings. The molecule has 0 atom stereocenters. The molecular formula is C14H18F2N4. The molecule has 0 amide bonds. The summed E-state index contributed by atoms with van der Waals surface area (Å²) in [5.41, 5.74) is 1.30. The third kappa shape index (κ3) is 4.38. The maximum Gasteiger partial charge on any atom is 0.126 e. The van der Waals surface area contributed by atoms with E-state index in [1.807, 2.05) is 0 Å². The summed E-state index contributed by atoms with van der Waals surface area (Å²) in [5, 5.41) is 11.3. The number of nitrogens with zero attached hydrogens (tertiary/aromatic N) is 3. The summed E-state index contributed by atoms with van der Waals surface area (Å²) in [6.45, 7) is 7.07. The molecule has 0 aliphatic heterocycles. The Morgan fingerprint density at radius 1 is 1.15 bits per heavy atom. The van der Waals surface area contributed by atoms with E-state index in [9.17, 15) is 8.78 Å². The lowest BCUT2D eigenvalue weighted by molar-refractivity contribution is 0.421. The van der Waals surface area contributed by atoms with E-state index in [1.165, 1.54) is 12.1 Å². The lowest BCUT2D eigenvalue weighted by Gasteiger charge is -2.19. The van der Waals surface area contributed by atoms with Crippen molar-refractivity contribution in [2.45, 2.75) is 39.4 Å². The first kappa shape index (κ1) is 14.6. The van der Waals surface area contributed by atoms with Crippen LogP contribution in [0, 0.1) is 11.6 Å². The van der Waals surface area contributed by atoms with Crippen LogP contribution in [0.4, 0.5) is 8.78 Å². The Kier molecular flexibility index (Phi) is 4.13.